The molecule has 2 rings (SSSR count). The van der Waals surface area contributed by atoms with Crippen LogP contribution in [-0.2, 0) is 14.3 Å². The third-order valence-electron chi connectivity index (χ3n) is 4.05. The molecule has 98 valence electrons. The second-order valence-corrected chi connectivity index (χ2v) is 5.42. The predicted molar refractivity (Wildman–Crippen MR) is 68.9 cm³/mol. The average Bonchev–Trinajstić information content (AvgIpc) is 2.59. The van der Waals surface area contributed by atoms with Gasteiger partial charge in [0.05, 0.1) is 5.92 Å². The van der Waals surface area contributed by atoms with Gasteiger partial charge in [-0.3, -0.25) is 9.59 Å². The van der Waals surface area contributed by atoms with Crippen LogP contribution in [0.25, 0.3) is 0 Å². The van der Waals surface area contributed by atoms with Crippen molar-refractivity contribution in [1.29, 1.82) is 0 Å². The summed E-state index contributed by atoms with van der Waals surface area (Å²) in [6.45, 7) is 5.77. The molecule has 1 aliphatic heterocycles. The summed E-state index contributed by atoms with van der Waals surface area (Å²) in [7, 11) is 0. The number of allylic oxidation sites excluding steroid dienone is 3. The fourth-order valence-electron chi connectivity index (χ4n) is 2.62. The largest absolute Gasteiger partial charge is 0.458 e. The van der Waals surface area contributed by atoms with E-state index in [-0.39, 0.29) is 29.7 Å². The van der Waals surface area contributed by atoms with Crippen molar-refractivity contribution < 1.29 is 14.3 Å². The first-order valence-electron chi connectivity index (χ1n) is 6.57. The van der Waals surface area contributed by atoms with Crippen molar-refractivity contribution in [2.45, 2.75) is 46.1 Å². The van der Waals surface area contributed by atoms with Crippen molar-refractivity contribution in [1.82, 2.24) is 0 Å². The summed E-state index contributed by atoms with van der Waals surface area (Å²) >= 11 is 0. The highest BCUT2D eigenvalue weighted by Crippen LogP contribution is 2.34. The van der Waals surface area contributed by atoms with E-state index in [1.54, 1.807) is 6.92 Å². The molecule has 3 nitrogen and oxygen atoms in total. The third-order valence-corrected chi connectivity index (χ3v) is 4.05. The Hall–Kier alpha value is -1.38. The van der Waals surface area contributed by atoms with Gasteiger partial charge in [-0.2, -0.15) is 0 Å². The Kier molecular flexibility index (Phi) is 3.69. The molecule has 0 unspecified atom stereocenters. The number of hydrogen-bond acceptors (Lipinski definition) is 3. The van der Waals surface area contributed by atoms with Gasteiger partial charge in [0.2, 0.25) is 0 Å². The zero-order chi connectivity index (χ0) is 13.3. The van der Waals surface area contributed by atoms with Gasteiger partial charge in [0.15, 0.2) is 5.78 Å². The maximum Gasteiger partial charge on any atom is 0.309 e. The van der Waals surface area contributed by atoms with Gasteiger partial charge in [0.1, 0.15) is 6.10 Å². The first kappa shape index (κ1) is 13.1. The van der Waals surface area contributed by atoms with Crippen LogP contribution in [0.15, 0.2) is 23.3 Å². The van der Waals surface area contributed by atoms with Crippen molar-refractivity contribution in [3.8, 4) is 0 Å². The minimum atomic E-state index is -0.220. The summed E-state index contributed by atoms with van der Waals surface area (Å²) in [6.07, 6.45) is 5.95. The zero-order valence-corrected chi connectivity index (χ0v) is 11.2. The molecule has 0 aromatic heterocycles. The average molecular weight is 248 g/mol. The van der Waals surface area contributed by atoms with E-state index < -0.39 is 0 Å². The summed E-state index contributed by atoms with van der Waals surface area (Å²) in [5, 5.41) is 0. The molecule has 0 spiro atoms. The molecule has 0 N–H and O–H groups in total. The Morgan fingerprint density at radius 2 is 2.00 bits per heavy atom. The van der Waals surface area contributed by atoms with Crippen LogP contribution < -0.4 is 0 Å². The molecule has 1 saturated heterocycles. The van der Waals surface area contributed by atoms with E-state index >= 15 is 0 Å². The highest BCUT2D eigenvalue weighted by Gasteiger charge is 2.40. The number of rotatable bonds is 0. The van der Waals surface area contributed by atoms with E-state index in [0.29, 0.717) is 12.0 Å². The lowest BCUT2D eigenvalue weighted by Crippen LogP contribution is -2.19. The van der Waals surface area contributed by atoms with E-state index in [4.69, 9.17) is 4.74 Å². The molecule has 1 fully saturated rings. The first-order valence-corrected chi connectivity index (χ1v) is 6.57. The minimum absolute atomic E-state index is 0.0682. The molecular formula is C15H20O3. The van der Waals surface area contributed by atoms with Gasteiger partial charge in [-0.25, -0.2) is 0 Å². The van der Waals surface area contributed by atoms with Crippen molar-refractivity contribution in [2.75, 3.05) is 0 Å². The fourth-order valence-corrected chi connectivity index (χ4v) is 2.62. The summed E-state index contributed by atoms with van der Waals surface area (Å²) in [4.78, 5) is 23.5. The van der Waals surface area contributed by atoms with Gasteiger partial charge in [-0.1, -0.05) is 18.6 Å². The van der Waals surface area contributed by atoms with Crippen LogP contribution >= 0.6 is 0 Å². The number of esters is 1. The molecular weight excluding hydrogens is 228 g/mol. The Balaban J connectivity index is 2.29. The van der Waals surface area contributed by atoms with Crippen LogP contribution in [0.4, 0.5) is 0 Å². The van der Waals surface area contributed by atoms with Crippen LogP contribution in [0.1, 0.15) is 40.0 Å². The quantitative estimate of drug-likeness (QED) is 0.489. The second-order valence-electron chi connectivity index (χ2n) is 5.42. The number of Topliss-reactive ketones (excluding diaryl/α,β-unsaturated/α-hetero) is 1. The van der Waals surface area contributed by atoms with Crippen molar-refractivity contribution >= 4 is 11.8 Å². The molecule has 0 saturated carbocycles. The number of fused-ring (bicyclic) bond motifs is 1. The van der Waals surface area contributed by atoms with Gasteiger partial charge in [0, 0.05) is 12.3 Å². The van der Waals surface area contributed by atoms with Crippen LogP contribution in [0.2, 0.25) is 0 Å². The molecule has 1 aliphatic carbocycles. The van der Waals surface area contributed by atoms with Gasteiger partial charge in [0.25, 0.3) is 0 Å². The number of carbonyl (C=O) groups is 2. The van der Waals surface area contributed by atoms with E-state index in [9.17, 15) is 9.59 Å². The lowest BCUT2D eigenvalue weighted by molar-refractivity contribution is -0.142. The van der Waals surface area contributed by atoms with Gasteiger partial charge in [-0.05, 0) is 38.3 Å². The SMILES string of the molecule is C/C1=C\CC(=O)/C(C)=C/[C@@H]2OC(=O)[C@@H](C)[C@H]2CC1. The maximum atomic E-state index is 11.9. The van der Waals surface area contributed by atoms with Gasteiger partial charge < -0.3 is 4.74 Å². The topological polar surface area (TPSA) is 43.4 Å². The summed E-state index contributed by atoms with van der Waals surface area (Å²) < 4.78 is 5.38. The molecule has 18 heavy (non-hydrogen) atoms. The molecule has 0 aromatic rings. The first-order chi connectivity index (χ1) is 8.49. The predicted octanol–water partition coefficient (Wildman–Crippen LogP) is 2.81. The standard InChI is InChI=1S/C15H20O3/c1-9-4-6-12-11(3)15(17)18-14(12)8-10(2)13(16)7-5-9/h5,8,11-12,14H,4,6-7H2,1-3H3/b9-5+,10-8+/t11-,12+,14-/m0/s1. The summed E-state index contributed by atoms with van der Waals surface area (Å²) in [5.74, 6) is 0.107. The van der Waals surface area contributed by atoms with Crippen LogP contribution in [0, 0.1) is 11.8 Å². The molecule has 0 radical (unpaired) electrons. The van der Waals surface area contributed by atoms with Crippen molar-refractivity contribution in [2.24, 2.45) is 11.8 Å². The molecule has 0 amide bonds. The van der Waals surface area contributed by atoms with Gasteiger partial charge >= 0.3 is 5.97 Å². The van der Waals surface area contributed by atoms with E-state index in [1.165, 1.54) is 5.57 Å². The van der Waals surface area contributed by atoms with E-state index in [1.807, 2.05) is 26.0 Å². The lowest BCUT2D eigenvalue weighted by atomic mass is 9.84. The van der Waals surface area contributed by atoms with Crippen LogP contribution in [0.5, 0.6) is 0 Å². The Bertz CT molecular complexity index is 431. The second kappa shape index (κ2) is 5.09. The Morgan fingerprint density at radius 1 is 1.28 bits per heavy atom. The summed E-state index contributed by atoms with van der Waals surface area (Å²) in [6, 6.07) is 0. The number of ether oxygens (including phenoxy) is 1. The van der Waals surface area contributed by atoms with E-state index in [2.05, 4.69) is 0 Å². The number of hydrogen-bond donors (Lipinski definition) is 0. The monoisotopic (exact) mass is 248 g/mol. The van der Waals surface area contributed by atoms with E-state index in [0.717, 1.165) is 12.8 Å². The van der Waals surface area contributed by atoms with Crippen molar-refractivity contribution in [3.05, 3.63) is 23.3 Å². The molecule has 0 aromatic carbocycles. The highest BCUT2D eigenvalue weighted by molar-refractivity contribution is 5.96. The fraction of sp³-hybridized carbons (Fsp3) is 0.600. The normalized spacial score (nSPS) is 39.2. The summed E-state index contributed by atoms with van der Waals surface area (Å²) in [5.41, 5.74) is 1.93. The lowest BCUT2D eigenvalue weighted by Gasteiger charge is -2.18. The van der Waals surface area contributed by atoms with Gasteiger partial charge in [-0.15, -0.1) is 0 Å². The molecule has 0 bridgehead atoms. The number of ketones is 1. The minimum Gasteiger partial charge on any atom is -0.458 e. The molecule has 3 atom stereocenters. The Morgan fingerprint density at radius 3 is 2.72 bits per heavy atom. The molecule has 3 heteroatoms. The Labute approximate surface area is 108 Å². The van der Waals surface area contributed by atoms with Crippen molar-refractivity contribution in [3.63, 3.8) is 0 Å². The molecule has 2 aliphatic rings. The molecule has 1 heterocycles. The maximum absolute atomic E-state index is 11.9. The smallest absolute Gasteiger partial charge is 0.309 e. The highest BCUT2D eigenvalue weighted by atomic mass is 16.6. The number of carbonyl (C=O) groups excluding carboxylic acids is 2. The van der Waals surface area contributed by atoms with Crippen LogP contribution in [0.3, 0.4) is 0 Å². The third kappa shape index (κ3) is 2.55. The van der Waals surface area contributed by atoms with Crippen LogP contribution in [-0.4, -0.2) is 17.9 Å². The zero-order valence-electron chi connectivity index (χ0n) is 11.2.